The van der Waals surface area contributed by atoms with Crippen molar-refractivity contribution in [2.24, 2.45) is 0 Å². The standard InChI is InChI=1S/C21H22ClN5S/c1-14-11-16(22)7-8-18(14)23-21(28)24-20-17-9-10-27(13-19(17)25-26-20)12-15-5-3-2-4-6-15/h2-8,11H,9-10,12-13H2,1H3,(H3,23,24,25,26,28). The van der Waals surface area contributed by atoms with Crippen LogP contribution in [0.4, 0.5) is 11.5 Å². The van der Waals surface area contributed by atoms with E-state index >= 15 is 0 Å². The molecule has 7 heteroatoms. The smallest absolute Gasteiger partial charge is 0.176 e. The molecule has 0 atom stereocenters. The molecule has 0 unspecified atom stereocenters. The van der Waals surface area contributed by atoms with Crippen molar-refractivity contribution in [2.45, 2.75) is 26.4 Å². The molecule has 0 fully saturated rings. The fourth-order valence-corrected chi connectivity index (χ4v) is 3.92. The second-order valence-electron chi connectivity index (χ2n) is 7.01. The van der Waals surface area contributed by atoms with E-state index in [-0.39, 0.29) is 0 Å². The normalized spacial score (nSPS) is 13.8. The summed E-state index contributed by atoms with van der Waals surface area (Å²) < 4.78 is 0. The molecule has 3 aromatic rings. The molecule has 28 heavy (non-hydrogen) atoms. The van der Waals surface area contributed by atoms with Crippen molar-refractivity contribution in [1.29, 1.82) is 0 Å². The number of halogens is 1. The van der Waals surface area contributed by atoms with E-state index in [0.29, 0.717) is 10.1 Å². The minimum absolute atomic E-state index is 0.520. The Hall–Kier alpha value is -2.41. The quantitative estimate of drug-likeness (QED) is 0.541. The number of aromatic nitrogens is 2. The van der Waals surface area contributed by atoms with Crippen LogP contribution in [0.5, 0.6) is 0 Å². The molecule has 1 aliphatic rings. The molecule has 0 saturated carbocycles. The first-order valence-electron chi connectivity index (χ1n) is 9.25. The first kappa shape index (κ1) is 18.9. The minimum Gasteiger partial charge on any atom is -0.332 e. The van der Waals surface area contributed by atoms with Crippen molar-refractivity contribution in [3.8, 4) is 0 Å². The lowest BCUT2D eigenvalue weighted by atomic mass is 10.1. The fraction of sp³-hybridized carbons (Fsp3) is 0.238. The van der Waals surface area contributed by atoms with Crippen LogP contribution in [0.2, 0.25) is 5.02 Å². The first-order valence-corrected chi connectivity index (χ1v) is 10.0. The molecule has 5 nitrogen and oxygen atoms in total. The Morgan fingerprint density at radius 1 is 1.21 bits per heavy atom. The van der Waals surface area contributed by atoms with Gasteiger partial charge in [-0.15, -0.1) is 0 Å². The third-order valence-corrected chi connectivity index (χ3v) is 5.37. The van der Waals surface area contributed by atoms with E-state index < -0.39 is 0 Å². The van der Waals surface area contributed by atoms with Gasteiger partial charge < -0.3 is 10.6 Å². The summed E-state index contributed by atoms with van der Waals surface area (Å²) in [6.45, 7) is 4.79. The van der Waals surface area contributed by atoms with Crippen LogP contribution in [0.1, 0.15) is 22.4 Å². The summed E-state index contributed by atoms with van der Waals surface area (Å²) >= 11 is 11.5. The number of nitrogens with zero attached hydrogens (tertiary/aromatic N) is 2. The van der Waals surface area contributed by atoms with Crippen LogP contribution < -0.4 is 10.6 Å². The maximum absolute atomic E-state index is 6.02. The van der Waals surface area contributed by atoms with E-state index in [9.17, 15) is 0 Å². The SMILES string of the molecule is Cc1cc(Cl)ccc1NC(=S)Nc1n[nH]c2c1CCN(Cc1ccccc1)C2. The zero-order chi connectivity index (χ0) is 19.5. The van der Waals surface area contributed by atoms with E-state index in [1.54, 1.807) is 0 Å². The molecule has 2 heterocycles. The predicted octanol–water partition coefficient (Wildman–Crippen LogP) is 4.74. The highest BCUT2D eigenvalue weighted by Crippen LogP contribution is 2.25. The lowest BCUT2D eigenvalue weighted by molar-refractivity contribution is 0.242. The molecule has 4 rings (SSSR count). The summed E-state index contributed by atoms with van der Waals surface area (Å²) in [5, 5.41) is 15.3. The molecule has 0 amide bonds. The fourth-order valence-electron chi connectivity index (χ4n) is 3.48. The number of benzene rings is 2. The van der Waals surface area contributed by atoms with Crippen molar-refractivity contribution in [2.75, 3.05) is 17.2 Å². The number of fused-ring (bicyclic) bond motifs is 1. The molecular weight excluding hydrogens is 390 g/mol. The van der Waals surface area contributed by atoms with Gasteiger partial charge in [0.15, 0.2) is 10.9 Å². The molecule has 0 spiro atoms. The number of hydrogen-bond donors (Lipinski definition) is 3. The van der Waals surface area contributed by atoms with Gasteiger partial charge in [-0.2, -0.15) is 5.10 Å². The topological polar surface area (TPSA) is 56.0 Å². The number of aromatic amines is 1. The van der Waals surface area contributed by atoms with Gasteiger partial charge in [-0.3, -0.25) is 10.00 Å². The van der Waals surface area contributed by atoms with Gasteiger partial charge in [0.2, 0.25) is 0 Å². The van der Waals surface area contributed by atoms with E-state index in [2.05, 4.69) is 50.0 Å². The highest BCUT2D eigenvalue weighted by Gasteiger charge is 2.22. The van der Waals surface area contributed by atoms with Crippen molar-refractivity contribution in [3.05, 3.63) is 75.9 Å². The average Bonchev–Trinajstić information content (AvgIpc) is 3.07. The third-order valence-electron chi connectivity index (χ3n) is 4.93. The molecule has 1 aromatic heterocycles. The van der Waals surface area contributed by atoms with Crippen LogP contribution in [-0.2, 0) is 19.5 Å². The molecule has 0 aliphatic carbocycles. The number of aryl methyl sites for hydroxylation is 1. The summed E-state index contributed by atoms with van der Waals surface area (Å²) in [5.74, 6) is 0.804. The molecule has 1 aliphatic heterocycles. The number of hydrogen-bond acceptors (Lipinski definition) is 3. The molecule has 0 saturated heterocycles. The largest absolute Gasteiger partial charge is 0.332 e. The van der Waals surface area contributed by atoms with Gasteiger partial charge in [0.05, 0.1) is 5.69 Å². The maximum atomic E-state index is 6.02. The van der Waals surface area contributed by atoms with Crippen LogP contribution in [-0.4, -0.2) is 26.8 Å². The summed E-state index contributed by atoms with van der Waals surface area (Å²) in [6.07, 6.45) is 0.934. The second-order valence-corrected chi connectivity index (χ2v) is 7.86. The van der Waals surface area contributed by atoms with E-state index in [1.165, 1.54) is 11.1 Å². The van der Waals surface area contributed by atoms with Crippen LogP contribution >= 0.6 is 23.8 Å². The lowest BCUT2D eigenvalue weighted by Gasteiger charge is -2.26. The van der Waals surface area contributed by atoms with Gasteiger partial charge in [0.25, 0.3) is 0 Å². The highest BCUT2D eigenvalue weighted by molar-refractivity contribution is 7.80. The Bertz CT molecular complexity index is 986. The Morgan fingerprint density at radius 3 is 2.82 bits per heavy atom. The number of H-pyrrole nitrogens is 1. The molecule has 0 radical (unpaired) electrons. The van der Waals surface area contributed by atoms with Crippen LogP contribution in [0.25, 0.3) is 0 Å². The van der Waals surface area contributed by atoms with Crippen molar-refractivity contribution in [1.82, 2.24) is 15.1 Å². The number of rotatable bonds is 4. The van der Waals surface area contributed by atoms with Gasteiger partial charge in [-0.25, -0.2) is 0 Å². The summed E-state index contributed by atoms with van der Waals surface area (Å²) in [6, 6.07) is 16.2. The van der Waals surface area contributed by atoms with Crippen LogP contribution in [0, 0.1) is 6.92 Å². The molecule has 3 N–H and O–H groups in total. The number of nitrogens with one attached hydrogen (secondary N) is 3. The number of thiocarbonyl (C=S) groups is 1. The van der Waals surface area contributed by atoms with Gasteiger partial charge in [0.1, 0.15) is 0 Å². The number of anilines is 2. The monoisotopic (exact) mass is 411 g/mol. The van der Waals surface area contributed by atoms with Gasteiger partial charge in [-0.1, -0.05) is 41.9 Å². The third kappa shape index (κ3) is 4.35. The second kappa shape index (κ2) is 8.31. The first-order chi connectivity index (χ1) is 13.6. The van der Waals surface area contributed by atoms with Gasteiger partial charge in [0, 0.05) is 35.9 Å². The van der Waals surface area contributed by atoms with Gasteiger partial charge >= 0.3 is 0 Å². The highest BCUT2D eigenvalue weighted by atomic mass is 35.5. The molecule has 2 aromatic carbocycles. The minimum atomic E-state index is 0.520. The Kier molecular flexibility index (Phi) is 5.62. The molecule has 144 valence electrons. The van der Waals surface area contributed by atoms with Crippen LogP contribution in [0.3, 0.4) is 0 Å². The van der Waals surface area contributed by atoms with Crippen LogP contribution in [0.15, 0.2) is 48.5 Å². The van der Waals surface area contributed by atoms with E-state index in [1.807, 2.05) is 31.2 Å². The van der Waals surface area contributed by atoms with E-state index in [4.69, 9.17) is 23.8 Å². The van der Waals surface area contributed by atoms with E-state index in [0.717, 1.165) is 48.8 Å². The summed E-state index contributed by atoms with van der Waals surface area (Å²) in [5.41, 5.74) is 5.65. The lowest BCUT2D eigenvalue weighted by Crippen LogP contribution is -2.30. The maximum Gasteiger partial charge on any atom is 0.176 e. The van der Waals surface area contributed by atoms with Crippen molar-refractivity contribution < 1.29 is 0 Å². The zero-order valence-corrected chi connectivity index (χ0v) is 17.2. The Morgan fingerprint density at radius 2 is 2.04 bits per heavy atom. The summed E-state index contributed by atoms with van der Waals surface area (Å²) in [4.78, 5) is 2.42. The average molecular weight is 412 g/mol. The Balaban J connectivity index is 1.39. The Labute approximate surface area is 175 Å². The van der Waals surface area contributed by atoms with Crippen molar-refractivity contribution >= 4 is 40.4 Å². The zero-order valence-electron chi connectivity index (χ0n) is 15.6. The van der Waals surface area contributed by atoms with Gasteiger partial charge in [-0.05, 0) is 54.9 Å². The molecule has 0 bridgehead atoms. The molecular formula is C21H22ClN5S. The van der Waals surface area contributed by atoms with Crippen molar-refractivity contribution in [3.63, 3.8) is 0 Å². The summed E-state index contributed by atoms with van der Waals surface area (Å²) in [7, 11) is 0. The predicted molar refractivity (Wildman–Crippen MR) is 119 cm³/mol.